The van der Waals surface area contributed by atoms with Gasteiger partial charge in [-0.15, -0.1) is 0 Å². The predicted octanol–water partition coefficient (Wildman–Crippen LogP) is 1.14. The molecule has 4 N–H and O–H groups in total. The Bertz CT molecular complexity index is 476. The van der Waals surface area contributed by atoms with E-state index in [-0.39, 0.29) is 5.56 Å². The van der Waals surface area contributed by atoms with E-state index >= 15 is 0 Å². The van der Waals surface area contributed by atoms with Gasteiger partial charge in [0.2, 0.25) is 0 Å². The van der Waals surface area contributed by atoms with Crippen molar-refractivity contribution in [3.05, 3.63) is 34.9 Å². The monoisotopic (exact) mass is 245 g/mol. The number of carboxylic acid groups (broad SMARTS) is 2. The molecule has 0 spiro atoms. The number of aromatic carboxylic acids is 1. The van der Waals surface area contributed by atoms with E-state index in [4.69, 9.17) is 15.9 Å². The van der Waals surface area contributed by atoms with Crippen molar-refractivity contribution in [3.8, 4) is 0 Å². The number of hydrogen-bond acceptors (Lipinski definition) is 3. The highest BCUT2D eigenvalue weighted by Crippen LogP contribution is 2.22. The summed E-state index contributed by atoms with van der Waals surface area (Å²) < 4.78 is 26.3. The molecule has 1 unspecified atom stereocenters. The van der Waals surface area contributed by atoms with Crippen molar-refractivity contribution in [1.82, 2.24) is 0 Å². The SMILES string of the molecule is NC(CC(=O)O)c1cc(C(=O)O)c(F)cc1F. The maximum atomic E-state index is 13.3. The Kier molecular flexibility index (Phi) is 3.74. The highest BCUT2D eigenvalue weighted by Gasteiger charge is 2.20. The van der Waals surface area contributed by atoms with Crippen LogP contribution in [-0.2, 0) is 4.79 Å². The lowest BCUT2D eigenvalue weighted by Gasteiger charge is -2.11. The van der Waals surface area contributed by atoms with E-state index in [2.05, 4.69) is 0 Å². The van der Waals surface area contributed by atoms with E-state index < -0.39 is 41.6 Å². The van der Waals surface area contributed by atoms with Crippen molar-refractivity contribution in [3.63, 3.8) is 0 Å². The van der Waals surface area contributed by atoms with Crippen molar-refractivity contribution in [2.45, 2.75) is 12.5 Å². The smallest absolute Gasteiger partial charge is 0.338 e. The van der Waals surface area contributed by atoms with Crippen LogP contribution in [0.2, 0.25) is 0 Å². The number of carboxylic acids is 2. The van der Waals surface area contributed by atoms with Gasteiger partial charge in [-0.1, -0.05) is 0 Å². The third kappa shape index (κ3) is 2.97. The van der Waals surface area contributed by atoms with E-state index in [9.17, 15) is 18.4 Å². The average molecular weight is 245 g/mol. The van der Waals surface area contributed by atoms with Crippen LogP contribution < -0.4 is 5.73 Å². The maximum Gasteiger partial charge on any atom is 0.338 e. The Balaban J connectivity index is 3.19. The summed E-state index contributed by atoms with van der Waals surface area (Å²) in [5, 5.41) is 17.1. The van der Waals surface area contributed by atoms with Crippen molar-refractivity contribution in [2.24, 2.45) is 5.73 Å². The van der Waals surface area contributed by atoms with Crippen molar-refractivity contribution >= 4 is 11.9 Å². The molecular formula is C10H9F2NO4. The molecule has 0 aromatic heterocycles. The lowest BCUT2D eigenvalue weighted by molar-refractivity contribution is -0.137. The molecule has 1 atom stereocenters. The molecular weight excluding hydrogens is 236 g/mol. The molecule has 0 heterocycles. The number of halogens is 2. The number of nitrogens with two attached hydrogens (primary N) is 1. The van der Waals surface area contributed by atoms with Crippen LogP contribution >= 0.6 is 0 Å². The Morgan fingerprint density at radius 2 is 1.82 bits per heavy atom. The average Bonchev–Trinajstić information content (AvgIpc) is 2.15. The minimum absolute atomic E-state index is 0.341. The fourth-order valence-corrected chi connectivity index (χ4v) is 1.31. The van der Waals surface area contributed by atoms with Gasteiger partial charge in [0.05, 0.1) is 12.0 Å². The first-order chi connectivity index (χ1) is 7.82. The second kappa shape index (κ2) is 4.88. The summed E-state index contributed by atoms with van der Waals surface area (Å²) in [6, 6.07) is -0.146. The van der Waals surface area contributed by atoms with Gasteiger partial charge >= 0.3 is 11.9 Å². The first-order valence-corrected chi connectivity index (χ1v) is 4.52. The molecule has 1 aromatic rings. The number of hydrogen-bond donors (Lipinski definition) is 3. The molecule has 0 fully saturated rings. The predicted molar refractivity (Wildman–Crippen MR) is 52.5 cm³/mol. The normalized spacial score (nSPS) is 12.2. The minimum atomic E-state index is -1.58. The van der Waals surface area contributed by atoms with Crippen LogP contribution in [-0.4, -0.2) is 22.2 Å². The van der Waals surface area contributed by atoms with E-state index in [0.29, 0.717) is 12.1 Å². The largest absolute Gasteiger partial charge is 0.481 e. The zero-order valence-electron chi connectivity index (χ0n) is 8.48. The van der Waals surface area contributed by atoms with Gasteiger partial charge in [-0.2, -0.15) is 0 Å². The second-order valence-corrected chi connectivity index (χ2v) is 3.36. The molecule has 17 heavy (non-hydrogen) atoms. The van der Waals surface area contributed by atoms with E-state index in [1.165, 1.54) is 0 Å². The Labute approximate surface area is 94.5 Å². The molecule has 92 valence electrons. The summed E-state index contributed by atoms with van der Waals surface area (Å²) in [7, 11) is 0. The standard InChI is InChI=1S/C10H9F2NO4/c11-6-2-7(12)5(10(16)17)1-4(6)8(13)3-9(14)15/h1-2,8H,3,13H2,(H,14,15)(H,16,17). The summed E-state index contributed by atoms with van der Waals surface area (Å²) in [5.41, 5.74) is 4.29. The first kappa shape index (κ1) is 13.0. The summed E-state index contributed by atoms with van der Waals surface area (Å²) in [5.74, 6) is -5.15. The van der Waals surface area contributed by atoms with Gasteiger partial charge in [-0.3, -0.25) is 4.79 Å². The van der Waals surface area contributed by atoms with Crippen molar-refractivity contribution < 1.29 is 28.6 Å². The second-order valence-electron chi connectivity index (χ2n) is 3.36. The van der Waals surface area contributed by atoms with E-state index in [0.717, 1.165) is 0 Å². The first-order valence-electron chi connectivity index (χ1n) is 4.52. The van der Waals surface area contributed by atoms with Crippen LogP contribution in [0.25, 0.3) is 0 Å². The van der Waals surface area contributed by atoms with Gasteiger partial charge in [0.1, 0.15) is 11.6 Å². The fraction of sp³-hybridized carbons (Fsp3) is 0.200. The molecule has 1 rings (SSSR count). The number of rotatable bonds is 4. The molecule has 0 amide bonds. The molecule has 0 radical (unpaired) electrons. The van der Waals surface area contributed by atoms with Crippen LogP contribution in [0.15, 0.2) is 12.1 Å². The van der Waals surface area contributed by atoms with Crippen LogP contribution in [0, 0.1) is 11.6 Å². The molecule has 1 aromatic carbocycles. The number of carbonyl (C=O) groups is 2. The highest BCUT2D eigenvalue weighted by atomic mass is 19.1. The van der Waals surface area contributed by atoms with Crippen molar-refractivity contribution in [2.75, 3.05) is 0 Å². The quantitative estimate of drug-likeness (QED) is 0.738. The molecule has 0 aliphatic heterocycles. The maximum absolute atomic E-state index is 13.3. The third-order valence-corrected chi connectivity index (χ3v) is 2.11. The Hall–Kier alpha value is -2.02. The summed E-state index contributed by atoms with van der Waals surface area (Å²) in [6.07, 6.45) is -0.582. The summed E-state index contributed by atoms with van der Waals surface area (Å²) in [4.78, 5) is 21.0. The van der Waals surface area contributed by atoms with Gasteiger partial charge in [0.25, 0.3) is 0 Å². The Morgan fingerprint density at radius 3 is 2.29 bits per heavy atom. The highest BCUT2D eigenvalue weighted by molar-refractivity contribution is 5.88. The molecule has 7 heteroatoms. The topological polar surface area (TPSA) is 101 Å². The molecule has 5 nitrogen and oxygen atoms in total. The zero-order valence-corrected chi connectivity index (χ0v) is 8.48. The molecule has 0 saturated heterocycles. The lowest BCUT2D eigenvalue weighted by Crippen LogP contribution is -2.17. The Morgan fingerprint density at radius 1 is 1.24 bits per heavy atom. The summed E-state index contributed by atoms with van der Waals surface area (Å²) in [6.45, 7) is 0. The molecule has 0 aliphatic rings. The zero-order chi connectivity index (χ0) is 13.2. The van der Waals surface area contributed by atoms with Gasteiger partial charge in [-0.25, -0.2) is 13.6 Å². The van der Waals surface area contributed by atoms with E-state index in [1.807, 2.05) is 0 Å². The third-order valence-electron chi connectivity index (χ3n) is 2.11. The van der Waals surface area contributed by atoms with Gasteiger partial charge in [0, 0.05) is 17.7 Å². The summed E-state index contributed by atoms with van der Waals surface area (Å²) >= 11 is 0. The van der Waals surface area contributed by atoms with Crippen LogP contribution in [0.5, 0.6) is 0 Å². The van der Waals surface area contributed by atoms with Gasteiger partial charge in [0.15, 0.2) is 0 Å². The number of aliphatic carboxylic acids is 1. The molecule has 0 bridgehead atoms. The van der Waals surface area contributed by atoms with Crippen LogP contribution in [0.1, 0.15) is 28.4 Å². The fourth-order valence-electron chi connectivity index (χ4n) is 1.31. The lowest BCUT2D eigenvalue weighted by atomic mass is 10.0. The van der Waals surface area contributed by atoms with E-state index in [1.54, 1.807) is 0 Å². The minimum Gasteiger partial charge on any atom is -0.481 e. The van der Waals surface area contributed by atoms with Crippen molar-refractivity contribution in [1.29, 1.82) is 0 Å². The van der Waals surface area contributed by atoms with Gasteiger partial charge in [-0.05, 0) is 6.07 Å². The van der Waals surface area contributed by atoms with Crippen LogP contribution in [0.3, 0.4) is 0 Å². The van der Waals surface area contributed by atoms with Gasteiger partial charge < -0.3 is 15.9 Å². The number of benzene rings is 1. The molecule has 0 aliphatic carbocycles. The molecule has 0 saturated carbocycles. The van der Waals surface area contributed by atoms with Crippen LogP contribution in [0.4, 0.5) is 8.78 Å².